The summed E-state index contributed by atoms with van der Waals surface area (Å²) in [6.07, 6.45) is 2.73. The molecule has 0 saturated heterocycles. The third-order valence-electron chi connectivity index (χ3n) is 3.54. The fourth-order valence-corrected chi connectivity index (χ4v) is 5.08. The zero-order valence-electron chi connectivity index (χ0n) is 14.1. The molecule has 0 spiro atoms. The molecule has 2 aromatic carbocycles. The summed E-state index contributed by atoms with van der Waals surface area (Å²) in [5, 5.41) is 17.9. The zero-order chi connectivity index (χ0) is 19.8. The monoisotopic (exact) mass is 618 g/mol. The Bertz CT molecular complexity index is 784. The van der Waals surface area contributed by atoms with Crippen LogP contribution in [-0.2, 0) is 0 Å². The second kappa shape index (κ2) is 11.1. The van der Waals surface area contributed by atoms with Crippen LogP contribution in [0.3, 0.4) is 0 Å². The van der Waals surface area contributed by atoms with Gasteiger partial charge in [-0.1, -0.05) is 0 Å². The first-order valence-corrected chi connectivity index (χ1v) is 11.2. The third kappa shape index (κ3) is 6.50. The van der Waals surface area contributed by atoms with Gasteiger partial charge in [0.25, 0.3) is 0 Å². The van der Waals surface area contributed by atoms with Gasteiger partial charge >= 0.3 is 0 Å². The number of unbranched alkanes of at least 4 members (excludes halogenated alkanes) is 2. The lowest BCUT2D eigenvalue weighted by atomic mass is 10.2. The molecule has 2 rings (SSSR count). The van der Waals surface area contributed by atoms with E-state index in [4.69, 9.17) is 20.0 Å². The molecule has 27 heavy (non-hydrogen) atoms. The van der Waals surface area contributed by atoms with Crippen LogP contribution in [-0.4, -0.2) is 13.2 Å². The van der Waals surface area contributed by atoms with E-state index >= 15 is 0 Å². The first-order valence-electron chi connectivity index (χ1n) is 8.00. The average Bonchev–Trinajstić information content (AvgIpc) is 2.63. The molecule has 0 radical (unpaired) electrons. The molecule has 0 aliphatic carbocycles. The van der Waals surface area contributed by atoms with Crippen molar-refractivity contribution in [2.24, 2.45) is 0 Å². The average molecular weight is 622 g/mol. The molecule has 8 heteroatoms. The molecule has 0 aliphatic heterocycles. The Kier molecular flexibility index (Phi) is 9.11. The number of benzene rings is 2. The van der Waals surface area contributed by atoms with E-state index in [0.29, 0.717) is 35.8 Å². The van der Waals surface area contributed by atoms with Gasteiger partial charge in [-0.3, -0.25) is 0 Å². The summed E-state index contributed by atoms with van der Waals surface area (Å²) in [5.74, 6) is 1.41. The van der Waals surface area contributed by atoms with Crippen molar-refractivity contribution in [3.05, 3.63) is 53.3 Å². The number of halogens is 4. The summed E-state index contributed by atoms with van der Waals surface area (Å²) in [6, 6.07) is 11.2. The van der Waals surface area contributed by atoms with Crippen LogP contribution in [0.2, 0.25) is 0 Å². The minimum absolute atomic E-state index is 0.568. The topological polar surface area (TPSA) is 66.0 Å². The first-order chi connectivity index (χ1) is 13.0. The molecule has 0 bridgehead atoms. The van der Waals surface area contributed by atoms with E-state index in [9.17, 15) is 0 Å². The molecule has 2 aromatic rings. The fourth-order valence-electron chi connectivity index (χ4n) is 2.25. The lowest BCUT2D eigenvalue weighted by Crippen LogP contribution is -2.02. The molecule has 0 aliphatic rings. The van der Waals surface area contributed by atoms with Gasteiger partial charge in [0.15, 0.2) is 0 Å². The Morgan fingerprint density at radius 3 is 1.26 bits per heavy atom. The number of nitrogens with zero attached hydrogens (tertiary/aromatic N) is 2. The molecule has 0 heterocycles. The van der Waals surface area contributed by atoms with Crippen molar-refractivity contribution in [3.63, 3.8) is 0 Å². The van der Waals surface area contributed by atoms with Crippen molar-refractivity contribution in [2.75, 3.05) is 13.2 Å². The van der Waals surface area contributed by atoms with E-state index in [1.807, 2.05) is 0 Å². The molecular formula is C19H14Br4N2O2. The Morgan fingerprint density at radius 2 is 0.963 bits per heavy atom. The minimum Gasteiger partial charge on any atom is -0.491 e. The van der Waals surface area contributed by atoms with Crippen LogP contribution in [0, 0.1) is 22.7 Å². The van der Waals surface area contributed by atoms with Crippen LogP contribution in [0.1, 0.15) is 30.4 Å². The van der Waals surface area contributed by atoms with E-state index in [1.54, 1.807) is 24.3 Å². The van der Waals surface area contributed by atoms with E-state index < -0.39 is 0 Å². The maximum Gasteiger partial charge on any atom is 0.147 e. The molecule has 0 amide bonds. The van der Waals surface area contributed by atoms with E-state index in [1.165, 1.54) is 0 Å². The quantitative estimate of drug-likeness (QED) is 0.295. The highest BCUT2D eigenvalue weighted by molar-refractivity contribution is 9.11. The molecule has 0 aromatic heterocycles. The highest BCUT2D eigenvalue weighted by Crippen LogP contribution is 2.35. The van der Waals surface area contributed by atoms with Gasteiger partial charge in [-0.15, -0.1) is 0 Å². The Hall–Kier alpha value is -1.06. The SMILES string of the molecule is N#Cc1cc(Br)c(OCCCCCOc2c(Br)cc(C#N)cc2Br)c(Br)c1. The second-order valence-electron chi connectivity index (χ2n) is 5.52. The van der Waals surface area contributed by atoms with Gasteiger partial charge in [-0.25, -0.2) is 0 Å². The number of rotatable bonds is 8. The van der Waals surface area contributed by atoms with Crippen LogP contribution in [0.15, 0.2) is 42.2 Å². The maximum atomic E-state index is 8.95. The second-order valence-corrected chi connectivity index (χ2v) is 8.94. The number of nitriles is 2. The lowest BCUT2D eigenvalue weighted by Gasteiger charge is -2.12. The highest BCUT2D eigenvalue weighted by atomic mass is 79.9. The molecule has 0 unspecified atom stereocenters. The summed E-state index contributed by atoms with van der Waals surface area (Å²) in [6.45, 7) is 1.15. The normalized spacial score (nSPS) is 10.1. The predicted octanol–water partition coefficient (Wildman–Crippen LogP) is 7.11. The largest absolute Gasteiger partial charge is 0.491 e. The first kappa shape index (κ1) is 22.2. The van der Waals surface area contributed by atoms with Crippen molar-refractivity contribution in [1.82, 2.24) is 0 Å². The molecule has 0 fully saturated rings. The Labute approximate surface area is 192 Å². The van der Waals surface area contributed by atoms with Crippen LogP contribution >= 0.6 is 63.7 Å². The van der Waals surface area contributed by atoms with Gasteiger partial charge in [-0.2, -0.15) is 10.5 Å². The van der Waals surface area contributed by atoms with Gasteiger partial charge < -0.3 is 9.47 Å². The third-order valence-corrected chi connectivity index (χ3v) is 5.89. The van der Waals surface area contributed by atoms with Gasteiger partial charge in [0, 0.05) is 0 Å². The van der Waals surface area contributed by atoms with Gasteiger partial charge in [0.2, 0.25) is 0 Å². The van der Waals surface area contributed by atoms with Crippen molar-refractivity contribution in [3.8, 4) is 23.6 Å². The summed E-state index contributed by atoms with van der Waals surface area (Å²) >= 11 is 13.7. The summed E-state index contributed by atoms with van der Waals surface area (Å²) in [4.78, 5) is 0. The van der Waals surface area contributed by atoms with Crippen molar-refractivity contribution in [1.29, 1.82) is 10.5 Å². The maximum absolute atomic E-state index is 8.95. The van der Waals surface area contributed by atoms with Crippen LogP contribution in [0.5, 0.6) is 11.5 Å². The molecule has 4 nitrogen and oxygen atoms in total. The predicted molar refractivity (Wildman–Crippen MR) is 118 cm³/mol. The van der Waals surface area contributed by atoms with Crippen LogP contribution < -0.4 is 9.47 Å². The Morgan fingerprint density at radius 1 is 0.630 bits per heavy atom. The van der Waals surface area contributed by atoms with Crippen molar-refractivity contribution < 1.29 is 9.47 Å². The van der Waals surface area contributed by atoms with Gasteiger partial charge in [0.05, 0.1) is 54.4 Å². The Balaban J connectivity index is 1.73. The van der Waals surface area contributed by atoms with Crippen LogP contribution in [0.25, 0.3) is 0 Å². The zero-order valence-corrected chi connectivity index (χ0v) is 20.4. The smallest absolute Gasteiger partial charge is 0.147 e. The summed E-state index contributed by atoms with van der Waals surface area (Å²) < 4.78 is 14.6. The number of hydrogen-bond donors (Lipinski definition) is 0. The fraction of sp³-hybridized carbons (Fsp3) is 0.263. The van der Waals surface area contributed by atoms with Gasteiger partial charge in [0.1, 0.15) is 11.5 Å². The number of hydrogen-bond acceptors (Lipinski definition) is 4. The highest BCUT2D eigenvalue weighted by Gasteiger charge is 2.10. The molecule has 0 N–H and O–H groups in total. The van der Waals surface area contributed by atoms with Crippen molar-refractivity contribution in [2.45, 2.75) is 19.3 Å². The summed E-state index contributed by atoms with van der Waals surface area (Å²) in [5.41, 5.74) is 1.14. The lowest BCUT2D eigenvalue weighted by molar-refractivity contribution is 0.276. The minimum atomic E-state index is 0.568. The molecule has 140 valence electrons. The van der Waals surface area contributed by atoms with Crippen LogP contribution in [0.4, 0.5) is 0 Å². The van der Waals surface area contributed by atoms with E-state index in [0.717, 1.165) is 37.2 Å². The van der Waals surface area contributed by atoms with Crippen molar-refractivity contribution >= 4 is 63.7 Å². The number of ether oxygens (including phenoxy) is 2. The van der Waals surface area contributed by atoms with E-state index in [2.05, 4.69) is 75.9 Å². The molecular weight excluding hydrogens is 608 g/mol. The molecule has 0 saturated carbocycles. The summed E-state index contributed by atoms with van der Waals surface area (Å²) in [7, 11) is 0. The van der Waals surface area contributed by atoms with Gasteiger partial charge in [-0.05, 0) is 107 Å². The molecule has 0 atom stereocenters. The standard InChI is InChI=1S/C19H14Br4N2O2/c20-14-6-12(10-24)7-15(21)18(14)26-4-2-1-3-5-27-19-16(22)8-13(11-25)9-17(19)23/h6-9H,1-5H2. The van der Waals surface area contributed by atoms with E-state index in [-0.39, 0.29) is 0 Å².